The Balaban J connectivity index is 1.80. The molecule has 0 heterocycles. The number of carbonyl (C=O) groups is 1. The molecule has 1 N–H and O–H groups in total. The van der Waals surface area contributed by atoms with Gasteiger partial charge in [-0.3, -0.25) is 4.79 Å². The van der Waals surface area contributed by atoms with E-state index in [1.807, 2.05) is 6.07 Å². The molecule has 1 amide bonds. The minimum atomic E-state index is 0.0125. The van der Waals surface area contributed by atoms with Crippen molar-refractivity contribution in [2.75, 3.05) is 6.54 Å². The van der Waals surface area contributed by atoms with E-state index in [-0.39, 0.29) is 5.91 Å². The van der Waals surface area contributed by atoms with Gasteiger partial charge in [0.1, 0.15) is 0 Å². The molecule has 1 aliphatic carbocycles. The van der Waals surface area contributed by atoms with Gasteiger partial charge in [-0.15, -0.1) is 0 Å². The van der Waals surface area contributed by atoms with Crippen molar-refractivity contribution in [3.8, 4) is 0 Å². The van der Waals surface area contributed by atoms with Gasteiger partial charge in [0.05, 0.1) is 16.5 Å². The van der Waals surface area contributed by atoms with E-state index in [4.69, 9.17) is 23.2 Å². The van der Waals surface area contributed by atoms with E-state index in [2.05, 4.69) is 21.2 Å². The highest BCUT2D eigenvalue weighted by Crippen LogP contribution is 2.36. The molecule has 1 aromatic rings. The molecule has 0 bridgehead atoms. The van der Waals surface area contributed by atoms with Crippen molar-refractivity contribution in [3.05, 3.63) is 33.8 Å². The molecule has 1 unspecified atom stereocenters. The van der Waals surface area contributed by atoms with Crippen LogP contribution in [-0.2, 0) is 11.2 Å². The summed E-state index contributed by atoms with van der Waals surface area (Å²) in [6.45, 7) is 0.685. The van der Waals surface area contributed by atoms with Crippen LogP contribution < -0.4 is 5.32 Å². The quantitative estimate of drug-likeness (QED) is 0.803. The molecule has 2 rings (SSSR count). The number of nitrogens with one attached hydrogen (secondary N) is 1. The van der Waals surface area contributed by atoms with Crippen LogP contribution in [0.2, 0.25) is 10.0 Å². The zero-order chi connectivity index (χ0) is 13.1. The molecule has 18 heavy (non-hydrogen) atoms. The largest absolute Gasteiger partial charge is 0.355 e. The molecule has 0 spiro atoms. The summed E-state index contributed by atoms with van der Waals surface area (Å²) in [7, 11) is 0. The maximum Gasteiger partial charge on any atom is 0.224 e. The minimum Gasteiger partial charge on any atom is -0.355 e. The maximum absolute atomic E-state index is 11.7. The van der Waals surface area contributed by atoms with Crippen LogP contribution in [0.3, 0.4) is 0 Å². The average Bonchev–Trinajstić information content (AvgIpc) is 3.15. The topological polar surface area (TPSA) is 29.1 Å². The highest BCUT2D eigenvalue weighted by Gasteiger charge is 2.29. The van der Waals surface area contributed by atoms with Crippen molar-refractivity contribution in [3.63, 3.8) is 0 Å². The van der Waals surface area contributed by atoms with Crippen LogP contribution in [0.1, 0.15) is 18.4 Å². The van der Waals surface area contributed by atoms with E-state index in [1.54, 1.807) is 12.1 Å². The van der Waals surface area contributed by atoms with Gasteiger partial charge in [0.15, 0.2) is 0 Å². The van der Waals surface area contributed by atoms with Gasteiger partial charge in [-0.25, -0.2) is 0 Å². The summed E-state index contributed by atoms with van der Waals surface area (Å²) in [5.74, 6) is 0.744. The predicted molar refractivity (Wildman–Crippen MR) is 78.6 cm³/mol. The van der Waals surface area contributed by atoms with Crippen LogP contribution in [-0.4, -0.2) is 17.3 Å². The molecular formula is C13H14BrCl2NO. The summed E-state index contributed by atoms with van der Waals surface area (Å²) in [5, 5.41) is 3.92. The van der Waals surface area contributed by atoms with Gasteiger partial charge in [0, 0.05) is 11.4 Å². The van der Waals surface area contributed by atoms with Gasteiger partial charge >= 0.3 is 0 Å². The van der Waals surface area contributed by atoms with Gasteiger partial charge in [-0.1, -0.05) is 45.2 Å². The second kappa shape index (κ2) is 6.27. The Hall–Kier alpha value is -0.250. The second-order valence-electron chi connectivity index (χ2n) is 4.58. The average molecular weight is 351 g/mol. The van der Waals surface area contributed by atoms with E-state index < -0.39 is 0 Å². The molecule has 0 aliphatic heterocycles. The molecule has 0 saturated heterocycles. The summed E-state index contributed by atoms with van der Waals surface area (Å²) in [6, 6.07) is 5.26. The Bertz CT molecular complexity index is 449. The number of benzene rings is 1. The summed E-state index contributed by atoms with van der Waals surface area (Å²) < 4.78 is 0. The molecular weight excluding hydrogens is 337 g/mol. The van der Waals surface area contributed by atoms with Crippen LogP contribution in [0.4, 0.5) is 0 Å². The number of hydrogen-bond donors (Lipinski definition) is 1. The third-order valence-electron chi connectivity index (χ3n) is 2.98. The molecule has 1 aromatic carbocycles. The Morgan fingerprint density at radius 1 is 1.39 bits per heavy atom. The van der Waals surface area contributed by atoms with E-state index in [1.165, 1.54) is 12.8 Å². The lowest BCUT2D eigenvalue weighted by Gasteiger charge is -2.10. The fourth-order valence-electron chi connectivity index (χ4n) is 1.73. The second-order valence-corrected chi connectivity index (χ2v) is 6.57. The van der Waals surface area contributed by atoms with Crippen LogP contribution >= 0.6 is 39.1 Å². The summed E-state index contributed by atoms with van der Waals surface area (Å²) in [4.78, 5) is 12.1. The Morgan fingerprint density at radius 3 is 2.72 bits per heavy atom. The van der Waals surface area contributed by atoms with Crippen molar-refractivity contribution in [2.45, 2.75) is 24.1 Å². The highest BCUT2D eigenvalue weighted by atomic mass is 79.9. The number of amides is 1. The Morgan fingerprint density at radius 2 is 2.11 bits per heavy atom. The van der Waals surface area contributed by atoms with E-state index in [0.717, 1.165) is 11.5 Å². The first-order valence-corrected chi connectivity index (χ1v) is 7.58. The van der Waals surface area contributed by atoms with Crippen molar-refractivity contribution in [1.29, 1.82) is 0 Å². The molecule has 98 valence electrons. The number of hydrogen-bond acceptors (Lipinski definition) is 1. The van der Waals surface area contributed by atoms with Crippen molar-refractivity contribution in [2.24, 2.45) is 5.92 Å². The van der Waals surface area contributed by atoms with E-state index >= 15 is 0 Å². The lowest BCUT2D eigenvalue weighted by atomic mass is 10.1. The zero-order valence-electron chi connectivity index (χ0n) is 9.76. The first-order chi connectivity index (χ1) is 8.56. The minimum absolute atomic E-state index is 0.0125. The highest BCUT2D eigenvalue weighted by molar-refractivity contribution is 9.09. The fourth-order valence-corrected chi connectivity index (χ4v) is 2.74. The summed E-state index contributed by atoms with van der Waals surface area (Å²) >= 11 is 15.3. The number of alkyl halides is 1. The SMILES string of the molecule is O=C(Cc1ccc(Cl)c(Cl)c1)NCC(Br)C1CC1. The van der Waals surface area contributed by atoms with E-state index in [0.29, 0.717) is 27.8 Å². The standard InChI is InChI=1S/C13H14BrCl2NO/c14-10(9-2-3-9)7-17-13(18)6-8-1-4-11(15)12(16)5-8/h1,4-5,9-10H,2-3,6-7H2,(H,17,18). The fraction of sp³-hybridized carbons (Fsp3) is 0.462. The molecule has 0 radical (unpaired) electrons. The van der Waals surface area contributed by atoms with Gasteiger partial charge in [0.25, 0.3) is 0 Å². The van der Waals surface area contributed by atoms with Crippen molar-refractivity contribution < 1.29 is 4.79 Å². The molecule has 1 saturated carbocycles. The molecule has 1 aliphatic rings. The summed E-state index contributed by atoms with van der Waals surface area (Å²) in [6.07, 6.45) is 2.86. The van der Waals surface area contributed by atoms with Gasteiger partial charge < -0.3 is 5.32 Å². The normalized spacial score (nSPS) is 16.4. The van der Waals surface area contributed by atoms with E-state index in [9.17, 15) is 4.79 Å². The van der Waals surface area contributed by atoms with Gasteiger partial charge in [-0.2, -0.15) is 0 Å². The number of carbonyl (C=O) groups excluding carboxylic acids is 1. The van der Waals surface area contributed by atoms with Crippen LogP contribution in [0.25, 0.3) is 0 Å². The van der Waals surface area contributed by atoms with Gasteiger partial charge in [0.2, 0.25) is 5.91 Å². The number of halogens is 3. The lowest BCUT2D eigenvalue weighted by molar-refractivity contribution is -0.120. The lowest BCUT2D eigenvalue weighted by Crippen LogP contribution is -2.31. The number of rotatable bonds is 5. The smallest absolute Gasteiger partial charge is 0.224 e. The Labute approximate surface area is 125 Å². The molecule has 1 fully saturated rings. The van der Waals surface area contributed by atoms with Crippen LogP contribution in [0, 0.1) is 5.92 Å². The van der Waals surface area contributed by atoms with Gasteiger partial charge in [-0.05, 0) is 36.5 Å². The molecule has 1 atom stereocenters. The Kier molecular flexibility index (Phi) is 4.93. The first kappa shape index (κ1) is 14.2. The van der Waals surface area contributed by atoms with Crippen LogP contribution in [0.5, 0.6) is 0 Å². The van der Waals surface area contributed by atoms with Crippen molar-refractivity contribution >= 4 is 45.0 Å². The third-order valence-corrected chi connectivity index (χ3v) is 4.79. The molecule has 2 nitrogen and oxygen atoms in total. The first-order valence-electron chi connectivity index (χ1n) is 5.91. The summed E-state index contributed by atoms with van der Waals surface area (Å²) in [5.41, 5.74) is 0.874. The molecule has 5 heteroatoms. The predicted octanol–water partition coefficient (Wildman–Crippen LogP) is 3.83. The van der Waals surface area contributed by atoms with Crippen molar-refractivity contribution in [1.82, 2.24) is 5.32 Å². The third kappa shape index (κ3) is 4.15. The monoisotopic (exact) mass is 349 g/mol. The zero-order valence-corrected chi connectivity index (χ0v) is 12.9. The molecule has 0 aromatic heterocycles. The maximum atomic E-state index is 11.7. The van der Waals surface area contributed by atoms with Crippen LogP contribution in [0.15, 0.2) is 18.2 Å².